The van der Waals surface area contributed by atoms with E-state index < -0.39 is 0 Å². The molecular weight excluding hydrogens is 140 g/mol. The fourth-order valence-corrected chi connectivity index (χ4v) is 0.883. The van der Waals surface area contributed by atoms with Crippen molar-refractivity contribution >= 4 is 17.0 Å². The highest BCUT2D eigenvalue weighted by Gasteiger charge is 1.94. The molecule has 0 spiro atoms. The maximum absolute atomic E-state index is 5.37. The highest BCUT2D eigenvalue weighted by molar-refractivity contribution is 5.73. The molecule has 0 amide bonds. The smallest absolute Gasteiger partial charge is 0.220 e. The molecule has 0 fully saturated rings. The Morgan fingerprint density at radius 3 is 3.00 bits per heavy atom. The van der Waals surface area contributed by atoms with Gasteiger partial charge in [-0.1, -0.05) is 0 Å². The molecule has 0 saturated heterocycles. The maximum Gasteiger partial charge on any atom is 0.220 e. The molecule has 2 rings (SSSR count). The minimum atomic E-state index is 0.283. The summed E-state index contributed by atoms with van der Waals surface area (Å²) in [7, 11) is 0. The van der Waals surface area contributed by atoms with Gasteiger partial charge in [-0.05, 0) is 12.1 Å². The number of pyridine rings is 1. The van der Waals surface area contributed by atoms with Crippen LogP contribution in [0.3, 0.4) is 0 Å². The van der Waals surface area contributed by atoms with Crippen molar-refractivity contribution in [3.63, 3.8) is 0 Å². The lowest BCUT2D eigenvalue weighted by atomic mass is 10.4. The molecule has 2 heterocycles. The topological polar surface area (TPSA) is 64.7 Å². The van der Waals surface area contributed by atoms with Crippen LogP contribution >= 0.6 is 0 Å². The molecule has 0 aliphatic carbocycles. The van der Waals surface area contributed by atoms with E-state index in [-0.39, 0.29) is 5.95 Å². The third-order valence-electron chi connectivity index (χ3n) is 1.37. The van der Waals surface area contributed by atoms with Gasteiger partial charge in [0.15, 0.2) is 0 Å². The van der Waals surface area contributed by atoms with Crippen molar-refractivity contribution < 1.29 is 0 Å². The first-order valence-electron chi connectivity index (χ1n) is 3.19. The van der Waals surface area contributed by atoms with Crippen molar-refractivity contribution in [1.29, 1.82) is 0 Å². The molecule has 0 aromatic carbocycles. The summed E-state index contributed by atoms with van der Waals surface area (Å²) in [5.74, 6) is 0.283. The minimum Gasteiger partial charge on any atom is -0.368 e. The van der Waals surface area contributed by atoms with Crippen molar-refractivity contribution in [3.8, 4) is 0 Å². The van der Waals surface area contributed by atoms with Crippen LogP contribution in [-0.4, -0.2) is 15.0 Å². The number of anilines is 1. The highest BCUT2D eigenvalue weighted by atomic mass is 15.0. The fraction of sp³-hybridized carbons (Fsp3) is 0. The van der Waals surface area contributed by atoms with E-state index in [1.165, 1.54) is 0 Å². The predicted molar refractivity (Wildman–Crippen MR) is 41.7 cm³/mol. The van der Waals surface area contributed by atoms with Crippen LogP contribution < -0.4 is 5.73 Å². The van der Waals surface area contributed by atoms with Crippen LogP contribution in [0.2, 0.25) is 0 Å². The van der Waals surface area contributed by atoms with Gasteiger partial charge in [0.2, 0.25) is 5.95 Å². The number of rotatable bonds is 0. The zero-order chi connectivity index (χ0) is 7.68. The lowest BCUT2D eigenvalue weighted by molar-refractivity contribution is 1.21. The Labute approximate surface area is 63.1 Å². The number of aromatic nitrogens is 3. The SMILES string of the molecule is Nc1ncc2ncccc2n1. The largest absolute Gasteiger partial charge is 0.368 e. The van der Waals surface area contributed by atoms with Crippen LogP contribution in [0.1, 0.15) is 0 Å². The van der Waals surface area contributed by atoms with Crippen molar-refractivity contribution in [2.45, 2.75) is 0 Å². The van der Waals surface area contributed by atoms with Crippen molar-refractivity contribution in [2.24, 2.45) is 0 Å². The van der Waals surface area contributed by atoms with E-state index in [1.807, 2.05) is 12.1 Å². The molecular formula is C7H6N4. The van der Waals surface area contributed by atoms with Gasteiger partial charge in [0, 0.05) is 6.20 Å². The quantitative estimate of drug-likeness (QED) is 0.591. The summed E-state index contributed by atoms with van der Waals surface area (Å²) in [5.41, 5.74) is 6.92. The Kier molecular flexibility index (Phi) is 1.18. The standard InChI is InChI=1S/C7H6N4/c8-7-10-4-6-5(11-7)2-1-3-9-6/h1-4H,(H2,8,10,11). The first kappa shape index (κ1) is 6.03. The van der Waals surface area contributed by atoms with Gasteiger partial charge in [-0.3, -0.25) is 4.98 Å². The lowest BCUT2D eigenvalue weighted by Gasteiger charge is -1.94. The average molecular weight is 146 g/mol. The van der Waals surface area contributed by atoms with Crippen molar-refractivity contribution in [2.75, 3.05) is 5.73 Å². The number of fused-ring (bicyclic) bond motifs is 1. The van der Waals surface area contributed by atoms with E-state index in [9.17, 15) is 0 Å². The zero-order valence-corrected chi connectivity index (χ0v) is 5.73. The second kappa shape index (κ2) is 2.16. The second-order valence-corrected chi connectivity index (χ2v) is 2.14. The molecule has 4 nitrogen and oxygen atoms in total. The molecule has 0 atom stereocenters. The Morgan fingerprint density at radius 2 is 2.09 bits per heavy atom. The molecule has 0 saturated carbocycles. The number of hydrogen-bond acceptors (Lipinski definition) is 4. The fourth-order valence-electron chi connectivity index (χ4n) is 0.883. The summed E-state index contributed by atoms with van der Waals surface area (Å²) in [5, 5.41) is 0. The third kappa shape index (κ3) is 0.980. The van der Waals surface area contributed by atoms with Crippen molar-refractivity contribution in [3.05, 3.63) is 24.5 Å². The second-order valence-electron chi connectivity index (χ2n) is 2.14. The van der Waals surface area contributed by atoms with Crippen LogP contribution in [0, 0.1) is 0 Å². The van der Waals surface area contributed by atoms with Gasteiger partial charge in [0.25, 0.3) is 0 Å². The molecule has 0 aliphatic rings. The highest BCUT2D eigenvalue weighted by Crippen LogP contribution is 2.05. The first-order chi connectivity index (χ1) is 5.36. The number of nitrogens with two attached hydrogens (primary N) is 1. The van der Waals surface area contributed by atoms with Crippen LogP contribution in [0.25, 0.3) is 11.0 Å². The molecule has 0 unspecified atom stereocenters. The molecule has 0 aliphatic heterocycles. The van der Waals surface area contributed by atoms with Gasteiger partial charge >= 0.3 is 0 Å². The Morgan fingerprint density at radius 1 is 1.18 bits per heavy atom. The van der Waals surface area contributed by atoms with E-state index in [1.54, 1.807) is 12.4 Å². The summed E-state index contributed by atoms with van der Waals surface area (Å²) in [4.78, 5) is 11.8. The lowest BCUT2D eigenvalue weighted by Crippen LogP contribution is -1.94. The monoisotopic (exact) mass is 146 g/mol. The summed E-state index contributed by atoms with van der Waals surface area (Å²) in [6.45, 7) is 0. The molecule has 2 N–H and O–H groups in total. The van der Waals surface area contributed by atoms with Gasteiger partial charge < -0.3 is 5.73 Å². The van der Waals surface area contributed by atoms with E-state index in [2.05, 4.69) is 15.0 Å². The zero-order valence-electron chi connectivity index (χ0n) is 5.73. The van der Waals surface area contributed by atoms with Gasteiger partial charge in [-0.25, -0.2) is 9.97 Å². The maximum atomic E-state index is 5.37. The van der Waals surface area contributed by atoms with Crippen LogP contribution in [-0.2, 0) is 0 Å². The molecule has 4 heteroatoms. The predicted octanol–water partition coefficient (Wildman–Crippen LogP) is 0.607. The van der Waals surface area contributed by atoms with E-state index in [4.69, 9.17) is 5.73 Å². The van der Waals surface area contributed by atoms with E-state index in [0.29, 0.717) is 0 Å². The molecule has 54 valence electrons. The molecule has 2 aromatic rings. The number of hydrogen-bond donors (Lipinski definition) is 1. The first-order valence-corrected chi connectivity index (χ1v) is 3.19. The average Bonchev–Trinajstić information content (AvgIpc) is 2.04. The van der Waals surface area contributed by atoms with Gasteiger partial charge in [-0.2, -0.15) is 0 Å². The molecule has 0 radical (unpaired) electrons. The van der Waals surface area contributed by atoms with E-state index >= 15 is 0 Å². The third-order valence-corrected chi connectivity index (χ3v) is 1.37. The Bertz CT molecular complexity index is 385. The summed E-state index contributed by atoms with van der Waals surface area (Å²) in [6.07, 6.45) is 3.31. The van der Waals surface area contributed by atoms with E-state index in [0.717, 1.165) is 11.0 Å². The normalized spacial score (nSPS) is 10.2. The molecule has 11 heavy (non-hydrogen) atoms. The van der Waals surface area contributed by atoms with Gasteiger partial charge in [0.05, 0.1) is 11.7 Å². The summed E-state index contributed by atoms with van der Waals surface area (Å²) >= 11 is 0. The molecule has 2 aromatic heterocycles. The van der Waals surface area contributed by atoms with Gasteiger partial charge in [0.1, 0.15) is 5.52 Å². The van der Waals surface area contributed by atoms with Crippen molar-refractivity contribution in [1.82, 2.24) is 15.0 Å². The van der Waals surface area contributed by atoms with Crippen LogP contribution in [0.15, 0.2) is 24.5 Å². The Hall–Kier alpha value is -1.71. The van der Waals surface area contributed by atoms with Crippen LogP contribution in [0.5, 0.6) is 0 Å². The summed E-state index contributed by atoms with van der Waals surface area (Å²) in [6, 6.07) is 3.66. The molecule has 0 bridgehead atoms. The number of nitrogen functional groups attached to an aromatic ring is 1. The minimum absolute atomic E-state index is 0.283. The van der Waals surface area contributed by atoms with Crippen LogP contribution in [0.4, 0.5) is 5.95 Å². The Balaban J connectivity index is 2.83. The van der Waals surface area contributed by atoms with Gasteiger partial charge in [-0.15, -0.1) is 0 Å². The number of nitrogens with zero attached hydrogens (tertiary/aromatic N) is 3. The summed E-state index contributed by atoms with van der Waals surface area (Å²) < 4.78 is 0.